The highest BCUT2D eigenvalue weighted by Gasteiger charge is 2.14. The molecule has 1 heterocycles. The van der Waals surface area contributed by atoms with E-state index in [2.05, 4.69) is 24.6 Å². The van der Waals surface area contributed by atoms with Crippen molar-refractivity contribution in [3.8, 4) is 0 Å². The third-order valence-corrected chi connectivity index (χ3v) is 2.92. The SMILES string of the molecule is CN(CCCS)CC1CCOCC1. The largest absolute Gasteiger partial charge is 0.381 e. The lowest BCUT2D eigenvalue weighted by Crippen LogP contribution is -2.30. The van der Waals surface area contributed by atoms with Gasteiger partial charge >= 0.3 is 0 Å². The maximum absolute atomic E-state index is 5.33. The third kappa shape index (κ3) is 4.89. The molecule has 0 aromatic heterocycles. The fourth-order valence-electron chi connectivity index (χ4n) is 1.80. The van der Waals surface area contributed by atoms with Crippen LogP contribution in [-0.2, 0) is 4.74 Å². The van der Waals surface area contributed by atoms with E-state index in [9.17, 15) is 0 Å². The van der Waals surface area contributed by atoms with Gasteiger partial charge in [-0.3, -0.25) is 0 Å². The summed E-state index contributed by atoms with van der Waals surface area (Å²) in [5.41, 5.74) is 0. The summed E-state index contributed by atoms with van der Waals surface area (Å²) >= 11 is 4.21. The molecule has 0 spiro atoms. The van der Waals surface area contributed by atoms with E-state index in [1.54, 1.807) is 0 Å². The van der Waals surface area contributed by atoms with Crippen LogP contribution < -0.4 is 0 Å². The number of nitrogens with zero attached hydrogens (tertiary/aromatic N) is 1. The summed E-state index contributed by atoms with van der Waals surface area (Å²) in [7, 11) is 2.21. The first-order valence-electron chi connectivity index (χ1n) is 5.20. The molecule has 0 aliphatic carbocycles. The van der Waals surface area contributed by atoms with Gasteiger partial charge in [-0.2, -0.15) is 12.6 Å². The minimum absolute atomic E-state index is 0.860. The van der Waals surface area contributed by atoms with Crippen molar-refractivity contribution in [3.63, 3.8) is 0 Å². The molecule has 0 bridgehead atoms. The average molecular weight is 203 g/mol. The monoisotopic (exact) mass is 203 g/mol. The molecule has 0 radical (unpaired) electrons. The Balaban J connectivity index is 2.07. The number of hydrogen-bond acceptors (Lipinski definition) is 3. The predicted octanol–water partition coefficient (Wildman–Crippen LogP) is 1.66. The number of rotatable bonds is 5. The van der Waals surface area contributed by atoms with Gasteiger partial charge in [0.25, 0.3) is 0 Å². The molecular formula is C10H21NOS. The minimum Gasteiger partial charge on any atom is -0.381 e. The molecule has 1 rings (SSSR count). The Morgan fingerprint density at radius 3 is 2.69 bits per heavy atom. The molecule has 13 heavy (non-hydrogen) atoms. The van der Waals surface area contributed by atoms with Crippen LogP contribution in [-0.4, -0.2) is 44.0 Å². The van der Waals surface area contributed by atoms with Crippen LogP contribution in [0.25, 0.3) is 0 Å². The van der Waals surface area contributed by atoms with E-state index in [1.807, 2.05) is 0 Å². The van der Waals surface area contributed by atoms with Gasteiger partial charge in [0.05, 0.1) is 0 Å². The zero-order valence-corrected chi connectivity index (χ0v) is 9.43. The third-order valence-electron chi connectivity index (χ3n) is 2.61. The van der Waals surface area contributed by atoms with Crippen molar-refractivity contribution >= 4 is 12.6 Å². The zero-order chi connectivity index (χ0) is 9.52. The summed E-state index contributed by atoms with van der Waals surface area (Å²) < 4.78 is 5.33. The maximum Gasteiger partial charge on any atom is 0.0469 e. The lowest BCUT2D eigenvalue weighted by atomic mass is 10.00. The lowest BCUT2D eigenvalue weighted by Gasteiger charge is -2.26. The van der Waals surface area contributed by atoms with Gasteiger partial charge in [-0.15, -0.1) is 0 Å². The van der Waals surface area contributed by atoms with E-state index >= 15 is 0 Å². The molecule has 1 aliphatic heterocycles. The highest BCUT2D eigenvalue weighted by Crippen LogP contribution is 2.15. The second-order valence-corrected chi connectivity index (χ2v) is 4.34. The van der Waals surface area contributed by atoms with Crippen molar-refractivity contribution in [2.75, 3.05) is 39.1 Å². The number of hydrogen-bond donors (Lipinski definition) is 1. The zero-order valence-electron chi connectivity index (χ0n) is 8.54. The van der Waals surface area contributed by atoms with Crippen molar-refractivity contribution in [1.29, 1.82) is 0 Å². The highest BCUT2D eigenvalue weighted by molar-refractivity contribution is 7.80. The molecule has 1 saturated heterocycles. The number of thiol groups is 1. The smallest absolute Gasteiger partial charge is 0.0469 e. The van der Waals surface area contributed by atoms with Gasteiger partial charge in [-0.1, -0.05) is 0 Å². The first-order chi connectivity index (χ1) is 6.33. The fraction of sp³-hybridized carbons (Fsp3) is 1.00. The molecule has 0 aromatic rings. The molecule has 0 unspecified atom stereocenters. The van der Waals surface area contributed by atoms with Crippen LogP contribution in [0.2, 0.25) is 0 Å². The molecule has 0 aromatic carbocycles. The van der Waals surface area contributed by atoms with Crippen molar-refractivity contribution in [2.24, 2.45) is 5.92 Å². The van der Waals surface area contributed by atoms with E-state index in [0.29, 0.717) is 0 Å². The molecule has 78 valence electrons. The van der Waals surface area contributed by atoms with Crippen molar-refractivity contribution in [1.82, 2.24) is 4.90 Å². The summed E-state index contributed by atoms with van der Waals surface area (Å²) in [6.45, 7) is 4.34. The highest BCUT2D eigenvalue weighted by atomic mass is 32.1. The van der Waals surface area contributed by atoms with Crippen LogP contribution in [0.15, 0.2) is 0 Å². The summed E-state index contributed by atoms with van der Waals surface area (Å²) in [5, 5.41) is 0. The van der Waals surface area contributed by atoms with Crippen molar-refractivity contribution < 1.29 is 4.74 Å². The van der Waals surface area contributed by atoms with Gasteiger partial charge in [-0.25, -0.2) is 0 Å². The number of ether oxygens (including phenoxy) is 1. The van der Waals surface area contributed by atoms with Crippen LogP contribution in [0.5, 0.6) is 0 Å². The molecule has 2 nitrogen and oxygen atoms in total. The van der Waals surface area contributed by atoms with Gasteiger partial charge in [0, 0.05) is 19.8 Å². The van der Waals surface area contributed by atoms with Gasteiger partial charge in [0.1, 0.15) is 0 Å². The Kier molecular flexibility index (Phi) is 5.83. The van der Waals surface area contributed by atoms with Crippen LogP contribution in [0.3, 0.4) is 0 Å². The van der Waals surface area contributed by atoms with Crippen molar-refractivity contribution in [3.05, 3.63) is 0 Å². The first-order valence-corrected chi connectivity index (χ1v) is 5.83. The van der Waals surface area contributed by atoms with Gasteiger partial charge < -0.3 is 9.64 Å². The van der Waals surface area contributed by atoms with Crippen molar-refractivity contribution in [2.45, 2.75) is 19.3 Å². The first kappa shape index (κ1) is 11.3. The minimum atomic E-state index is 0.860. The topological polar surface area (TPSA) is 12.5 Å². The quantitative estimate of drug-likeness (QED) is 0.682. The predicted molar refractivity (Wildman–Crippen MR) is 59.5 cm³/mol. The summed E-state index contributed by atoms with van der Waals surface area (Å²) in [6.07, 6.45) is 3.68. The molecule has 1 aliphatic rings. The molecular weight excluding hydrogens is 182 g/mol. The van der Waals surface area contributed by atoms with Gasteiger partial charge in [0.15, 0.2) is 0 Å². The van der Waals surface area contributed by atoms with E-state index in [1.165, 1.54) is 32.4 Å². The summed E-state index contributed by atoms with van der Waals surface area (Å²) in [5.74, 6) is 1.86. The van der Waals surface area contributed by atoms with Gasteiger partial charge in [-0.05, 0) is 44.5 Å². The standard InChI is InChI=1S/C10H21NOS/c1-11(5-2-8-13)9-10-3-6-12-7-4-10/h10,13H,2-9H2,1H3. The fourth-order valence-corrected chi connectivity index (χ4v) is 1.94. The molecule has 3 heteroatoms. The lowest BCUT2D eigenvalue weighted by molar-refractivity contribution is 0.0558. The van der Waals surface area contributed by atoms with E-state index in [-0.39, 0.29) is 0 Å². The molecule has 0 amide bonds. The second-order valence-electron chi connectivity index (χ2n) is 3.90. The van der Waals surface area contributed by atoms with Crippen LogP contribution in [0.4, 0.5) is 0 Å². The Morgan fingerprint density at radius 1 is 1.38 bits per heavy atom. The summed E-state index contributed by atoms with van der Waals surface area (Å²) in [6, 6.07) is 0. The Hall–Kier alpha value is 0.270. The van der Waals surface area contributed by atoms with Crippen LogP contribution in [0, 0.1) is 5.92 Å². The summed E-state index contributed by atoms with van der Waals surface area (Å²) in [4.78, 5) is 2.42. The van der Waals surface area contributed by atoms with E-state index in [4.69, 9.17) is 4.74 Å². The van der Waals surface area contributed by atoms with E-state index < -0.39 is 0 Å². The molecule has 1 fully saturated rings. The Morgan fingerprint density at radius 2 is 2.08 bits per heavy atom. The normalized spacial score (nSPS) is 19.6. The Labute approximate surface area is 87.0 Å². The van der Waals surface area contributed by atoms with Crippen LogP contribution >= 0.6 is 12.6 Å². The molecule has 0 saturated carbocycles. The maximum atomic E-state index is 5.33. The second kappa shape index (κ2) is 6.68. The Bertz CT molecular complexity index is 126. The van der Waals surface area contributed by atoms with Gasteiger partial charge in [0.2, 0.25) is 0 Å². The average Bonchev–Trinajstić information content (AvgIpc) is 2.16. The van der Waals surface area contributed by atoms with Crippen LogP contribution in [0.1, 0.15) is 19.3 Å². The molecule has 0 N–H and O–H groups in total. The molecule has 0 atom stereocenters. The van der Waals surface area contributed by atoms with E-state index in [0.717, 1.165) is 24.9 Å².